The van der Waals surface area contributed by atoms with Crippen LogP contribution >= 0.6 is 0 Å². The molecule has 112 valence electrons. The van der Waals surface area contributed by atoms with Crippen LogP contribution in [0, 0.1) is 5.92 Å². The van der Waals surface area contributed by atoms with Crippen molar-refractivity contribution in [3.63, 3.8) is 0 Å². The molecule has 0 aliphatic heterocycles. The Morgan fingerprint density at radius 1 is 1.50 bits per heavy atom. The highest BCUT2D eigenvalue weighted by atomic mass is 19.3. The highest BCUT2D eigenvalue weighted by molar-refractivity contribution is 5.92. The van der Waals surface area contributed by atoms with E-state index in [2.05, 4.69) is 10.3 Å². The summed E-state index contributed by atoms with van der Waals surface area (Å²) in [7, 11) is 0. The first-order valence-electron chi connectivity index (χ1n) is 6.22. The van der Waals surface area contributed by atoms with E-state index < -0.39 is 18.9 Å². The number of aromatic nitrogens is 1. The lowest BCUT2D eigenvalue weighted by molar-refractivity contribution is 0.0816. The van der Waals surface area contributed by atoms with Gasteiger partial charge in [-0.05, 0) is 18.9 Å². The largest absolute Gasteiger partial charge is 0.488 e. The van der Waals surface area contributed by atoms with Gasteiger partial charge in [0.25, 0.3) is 12.3 Å². The fourth-order valence-electron chi connectivity index (χ4n) is 1.37. The van der Waals surface area contributed by atoms with Crippen molar-refractivity contribution in [3.05, 3.63) is 24.0 Å². The Balaban J connectivity index is 2.66. The van der Waals surface area contributed by atoms with E-state index in [0.29, 0.717) is 0 Å². The van der Waals surface area contributed by atoms with Gasteiger partial charge in [0, 0.05) is 24.9 Å². The summed E-state index contributed by atoms with van der Waals surface area (Å²) < 4.78 is 28.9. The Morgan fingerprint density at radius 2 is 2.20 bits per heavy atom. The molecule has 2 N–H and O–H groups in total. The Kier molecular flexibility index (Phi) is 6.30. The molecule has 7 heteroatoms. The molecule has 2 unspecified atom stereocenters. The third-order valence-electron chi connectivity index (χ3n) is 2.84. The summed E-state index contributed by atoms with van der Waals surface area (Å²) in [6.07, 6.45) is -1.26. The maximum atomic E-state index is 12.0. The topological polar surface area (TPSA) is 71.5 Å². The zero-order valence-electron chi connectivity index (χ0n) is 11.3. The van der Waals surface area contributed by atoms with Crippen molar-refractivity contribution in [3.8, 4) is 5.75 Å². The molecule has 2 atom stereocenters. The fourth-order valence-corrected chi connectivity index (χ4v) is 1.37. The minimum Gasteiger partial charge on any atom is -0.488 e. The minimum atomic E-state index is -2.58. The van der Waals surface area contributed by atoms with E-state index in [4.69, 9.17) is 9.84 Å². The average molecular weight is 288 g/mol. The molecular formula is C13H18F2N2O3. The maximum Gasteiger partial charge on any atom is 0.272 e. The Morgan fingerprint density at radius 3 is 2.80 bits per heavy atom. The molecule has 0 bridgehead atoms. The van der Waals surface area contributed by atoms with Crippen LogP contribution in [0.4, 0.5) is 8.78 Å². The fraction of sp³-hybridized carbons (Fsp3) is 0.538. The number of carbonyl (C=O) groups is 1. The van der Waals surface area contributed by atoms with Gasteiger partial charge in [-0.15, -0.1) is 0 Å². The lowest BCUT2D eigenvalue weighted by Gasteiger charge is -2.19. The molecule has 0 aliphatic carbocycles. The standard InChI is InChI=1S/C13H18F2N2O3/c1-8(6-18)9(2)17-13(19)11-5-10(3-4-16-11)20-7-12(14)15/h3-5,8-9,12,18H,6-7H2,1-2H3,(H,17,19). The number of ether oxygens (including phenoxy) is 1. The maximum absolute atomic E-state index is 12.0. The van der Waals surface area contributed by atoms with Gasteiger partial charge >= 0.3 is 0 Å². The van der Waals surface area contributed by atoms with Crippen molar-refractivity contribution >= 4 is 5.91 Å². The number of nitrogens with zero attached hydrogens (tertiary/aromatic N) is 1. The van der Waals surface area contributed by atoms with Crippen LogP contribution in [0.5, 0.6) is 5.75 Å². The van der Waals surface area contributed by atoms with Crippen LogP contribution in [0.2, 0.25) is 0 Å². The highest BCUT2D eigenvalue weighted by Gasteiger charge is 2.16. The number of hydrogen-bond donors (Lipinski definition) is 2. The molecule has 20 heavy (non-hydrogen) atoms. The SMILES string of the molecule is CC(CO)C(C)NC(=O)c1cc(OCC(F)F)ccn1. The number of hydrogen-bond acceptors (Lipinski definition) is 4. The number of rotatable bonds is 7. The number of halogens is 2. The molecule has 1 heterocycles. The highest BCUT2D eigenvalue weighted by Crippen LogP contribution is 2.12. The van der Waals surface area contributed by atoms with E-state index in [9.17, 15) is 13.6 Å². The number of carbonyl (C=O) groups excluding carboxylic acids is 1. The van der Waals surface area contributed by atoms with Crippen LogP contribution in [-0.4, -0.2) is 41.7 Å². The average Bonchev–Trinajstić information content (AvgIpc) is 2.44. The third-order valence-corrected chi connectivity index (χ3v) is 2.84. The van der Waals surface area contributed by atoms with Crippen LogP contribution in [0.15, 0.2) is 18.3 Å². The van der Waals surface area contributed by atoms with Gasteiger partial charge in [-0.3, -0.25) is 9.78 Å². The molecule has 1 amide bonds. The smallest absolute Gasteiger partial charge is 0.272 e. The molecule has 1 rings (SSSR count). The second kappa shape index (κ2) is 7.74. The Bertz CT molecular complexity index is 443. The third kappa shape index (κ3) is 5.08. The molecule has 1 aromatic heterocycles. The number of aliphatic hydroxyl groups is 1. The van der Waals surface area contributed by atoms with Gasteiger partial charge in [-0.25, -0.2) is 8.78 Å². The van der Waals surface area contributed by atoms with E-state index in [1.54, 1.807) is 13.8 Å². The van der Waals surface area contributed by atoms with Gasteiger partial charge in [-0.2, -0.15) is 0 Å². The first kappa shape index (κ1) is 16.3. The molecule has 0 aromatic carbocycles. The lowest BCUT2D eigenvalue weighted by Crippen LogP contribution is -2.38. The zero-order chi connectivity index (χ0) is 15.1. The lowest BCUT2D eigenvalue weighted by atomic mass is 10.1. The molecule has 0 radical (unpaired) electrons. The predicted octanol–water partition coefficient (Wildman–Crippen LogP) is 1.47. The second-order valence-corrected chi connectivity index (χ2v) is 4.50. The molecule has 5 nitrogen and oxygen atoms in total. The Hall–Kier alpha value is -1.76. The predicted molar refractivity (Wildman–Crippen MR) is 68.9 cm³/mol. The summed E-state index contributed by atoms with van der Waals surface area (Å²) in [5, 5.41) is 11.7. The molecule has 0 aliphatic rings. The van der Waals surface area contributed by atoms with Crippen LogP contribution in [0.3, 0.4) is 0 Å². The number of nitrogens with one attached hydrogen (secondary N) is 1. The summed E-state index contributed by atoms with van der Waals surface area (Å²) in [4.78, 5) is 15.8. The molecular weight excluding hydrogens is 270 g/mol. The van der Waals surface area contributed by atoms with Gasteiger partial charge in [0.15, 0.2) is 0 Å². The Labute approximate surface area is 116 Å². The summed E-state index contributed by atoms with van der Waals surface area (Å²) in [5.74, 6) is -0.383. The van der Waals surface area contributed by atoms with Crippen molar-refractivity contribution in [1.29, 1.82) is 0 Å². The zero-order valence-corrected chi connectivity index (χ0v) is 11.3. The monoisotopic (exact) mass is 288 g/mol. The van der Waals surface area contributed by atoms with E-state index in [1.165, 1.54) is 18.3 Å². The first-order valence-corrected chi connectivity index (χ1v) is 6.22. The first-order chi connectivity index (χ1) is 9.43. The second-order valence-electron chi connectivity index (χ2n) is 4.50. The van der Waals surface area contributed by atoms with Crippen molar-refractivity contribution in [2.24, 2.45) is 5.92 Å². The molecule has 1 aromatic rings. The molecule has 0 spiro atoms. The summed E-state index contributed by atoms with van der Waals surface area (Å²) in [6.45, 7) is 2.77. The number of aliphatic hydroxyl groups excluding tert-OH is 1. The van der Waals surface area contributed by atoms with Crippen LogP contribution < -0.4 is 10.1 Å². The van der Waals surface area contributed by atoms with Crippen LogP contribution in [0.1, 0.15) is 24.3 Å². The van der Waals surface area contributed by atoms with Crippen LogP contribution in [-0.2, 0) is 0 Å². The summed E-state index contributed by atoms with van der Waals surface area (Å²) in [5.41, 5.74) is 0.0776. The van der Waals surface area contributed by atoms with E-state index in [1.807, 2.05) is 0 Å². The van der Waals surface area contributed by atoms with E-state index in [-0.39, 0.29) is 30.0 Å². The van der Waals surface area contributed by atoms with Gasteiger partial charge in [0.1, 0.15) is 18.1 Å². The number of alkyl halides is 2. The van der Waals surface area contributed by atoms with Crippen molar-refractivity contribution in [2.75, 3.05) is 13.2 Å². The number of pyridine rings is 1. The van der Waals surface area contributed by atoms with Crippen molar-refractivity contribution in [2.45, 2.75) is 26.3 Å². The van der Waals surface area contributed by atoms with Gasteiger partial charge < -0.3 is 15.2 Å². The van der Waals surface area contributed by atoms with E-state index in [0.717, 1.165) is 0 Å². The molecule has 0 fully saturated rings. The van der Waals surface area contributed by atoms with Crippen molar-refractivity contribution < 1.29 is 23.4 Å². The van der Waals surface area contributed by atoms with Crippen molar-refractivity contribution in [1.82, 2.24) is 10.3 Å². The van der Waals surface area contributed by atoms with Crippen LogP contribution in [0.25, 0.3) is 0 Å². The quantitative estimate of drug-likeness (QED) is 0.797. The minimum absolute atomic E-state index is 0.0492. The van der Waals surface area contributed by atoms with Gasteiger partial charge in [-0.1, -0.05) is 6.92 Å². The molecule has 0 saturated heterocycles. The molecule has 0 saturated carbocycles. The summed E-state index contributed by atoms with van der Waals surface area (Å²) in [6, 6.07) is 2.47. The van der Waals surface area contributed by atoms with E-state index >= 15 is 0 Å². The van der Waals surface area contributed by atoms with Gasteiger partial charge in [0.05, 0.1) is 0 Å². The number of amides is 1. The normalized spacial score (nSPS) is 13.9. The van der Waals surface area contributed by atoms with Gasteiger partial charge in [0.2, 0.25) is 0 Å². The summed E-state index contributed by atoms with van der Waals surface area (Å²) >= 11 is 0.